The molecule has 0 aliphatic rings. The second-order valence-electron chi connectivity index (χ2n) is 5.30. The van der Waals surface area contributed by atoms with Crippen molar-refractivity contribution in [3.8, 4) is 11.3 Å². The molecule has 0 radical (unpaired) electrons. The fourth-order valence-electron chi connectivity index (χ4n) is 2.12. The summed E-state index contributed by atoms with van der Waals surface area (Å²) in [5.41, 5.74) is 4.82. The monoisotopic (exact) mass is 398 g/mol. The molecule has 0 fully saturated rings. The molecule has 7 nitrogen and oxygen atoms in total. The van der Waals surface area contributed by atoms with Crippen molar-refractivity contribution < 1.29 is 9.72 Å². The predicted octanol–water partition coefficient (Wildman–Crippen LogP) is 3.96. The van der Waals surface area contributed by atoms with Crippen molar-refractivity contribution in [2.45, 2.75) is 4.34 Å². The summed E-state index contributed by atoms with van der Waals surface area (Å²) in [4.78, 5) is 26.6. The summed E-state index contributed by atoms with van der Waals surface area (Å²) in [6, 6.07) is 15.8. The van der Waals surface area contributed by atoms with Gasteiger partial charge in [-0.05, 0) is 0 Å². The topological polar surface area (TPSA) is 97.5 Å². The first-order chi connectivity index (χ1) is 13.1. The number of aromatic nitrogens is 1. The maximum absolute atomic E-state index is 11.9. The largest absolute Gasteiger partial charge is 0.272 e. The third-order valence-corrected chi connectivity index (χ3v) is 5.38. The van der Waals surface area contributed by atoms with Gasteiger partial charge in [0.2, 0.25) is 0 Å². The van der Waals surface area contributed by atoms with Gasteiger partial charge in [0.1, 0.15) is 0 Å². The molecule has 2 aromatic carbocycles. The lowest BCUT2D eigenvalue weighted by Gasteiger charge is -1.98. The number of nitro benzene ring substituents is 1. The summed E-state index contributed by atoms with van der Waals surface area (Å²) >= 11 is 2.81. The Balaban J connectivity index is 1.49. The number of nitro groups is 1. The molecule has 0 atom stereocenters. The molecule has 9 heteroatoms. The Kier molecular flexibility index (Phi) is 6.29. The molecular weight excluding hydrogens is 384 g/mol. The number of hydrazone groups is 1. The van der Waals surface area contributed by atoms with Crippen LogP contribution in [0.1, 0.15) is 5.56 Å². The summed E-state index contributed by atoms with van der Waals surface area (Å²) < 4.78 is 0.798. The van der Waals surface area contributed by atoms with E-state index in [4.69, 9.17) is 0 Å². The number of rotatable bonds is 7. The van der Waals surface area contributed by atoms with Crippen LogP contribution in [-0.2, 0) is 4.79 Å². The third kappa shape index (κ3) is 5.47. The van der Waals surface area contributed by atoms with Gasteiger partial charge in [-0.2, -0.15) is 5.10 Å². The number of benzene rings is 2. The first kappa shape index (κ1) is 18.7. The molecule has 3 aromatic rings. The molecule has 0 aliphatic heterocycles. The predicted molar refractivity (Wildman–Crippen MR) is 107 cm³/mol. The molecule has 0 aliphatic carbocycles. The zero-order valence-corrected chi connectivity index (χ0v) is 15.6. The van der Waals surface area contributed by atoms with E-state index in [0.717, 1.165) is 15.6 Å². The molecule has 1 heterocycles. The second-order valence-corrected chi connectivity index (χ2v) is 7.38. The fourth-order valence-corrected chi connectivity index (χ4v) is 3.75. The van der Waals surface area contributed by atoms with Gasteiger partial charge in [-0.15, -0.1) is 11.3 Å². The Labute approximate surface area is 163 Å². The Morgan fingerprint density at radius 3 is 2.85 bits per heavy atom. The molecule has 1 N–H and O–H groups in total. The Morgan fingerprint density at radius 1 is 1.26 bits per heavy atom. The Hall–Kier alpha value is -3.04. The minimum atomic E-state index is -0.482. The van der Waals surface area contributed by atoms with Crippen molar-refractivity contribution in [1.82, 2.24) is 10.4 Å². The number of amides is 1. The number of hydrogen-bond acceptors (Lipinski definition) is 7. The number of carbonyl (C=O) groups is 1. The highest BCUT2D eigenvalue weighted by atomic mass is 32.2. The van der Waals surface area contributed by atoms with Crippen LogP contribution in [0.15, 0.2) is 69.4 Å². The zero-order valence-electron chi connectivity index (χ0n) is 13.9. The van der Waals surface area contributed by atoms with Crippen molar-refractivity contribution in [2.75, 3.05) is 5.75 Å². The zero-order chi connectivity index (χ0) is 19.1. The van der Waals surface area contributed by atoms with Gasteiger partial charge in [-0.1, -0.05) is 54.2 Å². The summed E-state index contributed by atoms with van der Waals surface area (Å²) in [6.45, 7) is 0. The molecule has 136 valence electrons. The highest BCUT2D eigenvalue weighted by molar-refractivity contribution is 8.01. The Bertz CT molecular complexity index is 974. The van der Waals surface area contributed by atoms with E-state index in [9.17, 15) is 14.9 Å². The van der Waals surface area contributed by atoms with E-state index < -0.39 is 4.92 Å². The molecule has 0 bridgehead atoms. The van der Waals surface area contributed by atoms with E-state index in [-0.39, 0.29) is 17.3 Å². The maximum Gasteiger partial charge on any atom is 0.270 e. The molecule has 27 heavy (non-hydrogen) atoms. The van der Waals surface area contributed by atoms with Gasteiger partial charge in [-0.25, -0.2) is 10.4 Å². The third-order valence-electron chi connectivity index (χ3n) is 3.36. The van der Waals surface area contributed by atoms with Gasteiger partial charge in [0.15, 0.2) is 4.34 Å². The fraction of sp³-hybridized carbons (Fsp3) is 0.0556. The number of hydrogen-bond donors (Lipinski definition) is 1. The van der Waals surface area contributed by atoms with Gasteiger partial charge < -0.3 is 0 Å². The van der Waals surface area contributed by atoms with Gasteiger partial charge in [0.05, 0.1) is 22.6 Å². The number of thioether (sulfide) groups is 1. The second kappa shape index (κ2) is 9.06. The van der Waals surface area contributed by atoms with Gasteiger partial charge in [-0.3, -0.25) is 14.9 Å². The van der Waals surface area contributed by atoms with Crippen molar-refractivity contribution in [2.24, 2.45) is 5.10 Å². The summed E-state index contributed by atoms with van der Waals surface area (Å²) in [5.74, 6) is -0.105. The van der Waals surface area contributed by atoms with Gasteiger partial charge in [0.25, 0.3) is 11.6 Å². The number of thiazole rings is 1. The highest BCUT2D eigenvalue weighted by Gasteiger charge is 2.08. The summed E-state index contributed by atoms with van der Waals surface area (Å²) in [6.07, 6.45) is 1.37. The molecule has 1 amide bonds. The molecule has 0 saturated carbocycles. The number of non-ortho nitro benzene ring substituents is 1. The average Bonchev–Trinajstić information content (AvgIpc) is 3.16. The lowest BCUT2D eigenvalue weighted by molar-refractivity contribution is -0.384. The van der Waals surface area contributed by atoms with E-state index in [1.54, 1.807) is 12.1 Å². The van der Waals surface area contributed by atoms with Crippen LogP contribution in [0, 0.1) is 10.1 Å². The van der Waals surface area contributed by atoms with Crippen LogP contribution >= 0.6 is 23.1 Å². The minimum Gasteiger partial charge on any atom is -0.272 e. The van der Waals surface area contributed by atoms with Crippen LogP contribution in [0.3, 0.4) is 0 Å². The Morgan fingerprint density at radius 2 is 2.07 bits per heavy atom. The first-order valence-electron chi connectivity index (χ1n) is 7.82. The quantitative estimate of drug-likeness (QED) is 0.281. The van der Waals surface area contributed by atoms with E-state index in [1.807, 2.05) is 35.7 Å². The normalized spacial score (nSPS) is 10.8. The summed E-state index contributed by atoms with van der Waals surface area (Å²) in [7, 11) is 0. The number of carbonyl (C=O) groups excluding carboxylic acids is 1. The van der Waals surface area contributed by atoms with Crippen LogP contribution in [0.4, 0.5) is 5.69 Å². The van der Waals surface area contributed by atoms with Crippen LogP contribution in [0.2, 0.25) is 0 Å². The lowest BCUT2D eigenvalue weighted by atomic mass is 10.2. The van der Waals surface area contributed by atoms with Gasteiger partial charge in [0, 0.05) is 28.6 Å². The summed E-state index contributed by atoms with van der Waals surface area (Å²) in [5, 5.41) is 16.5. The van der Waals surface area contributed by atoms with E-state index >= 15 is 0 Å². The highest BCUT2D eigenvalue weighted by Crippen LogP contribution is 2.27. The number of nitrogens with zero attached hydrogens (tertiary/aromatic N) is 3. The lowest BCUT2D eigenvalue weighted by Crippen LogP contribution is -2.19. The standard InChI is InChI=1S/C18H14N4O3S2/c23-17(21-19-10-13-5-4-8-15(9-13)22(24)25)12-27-18-20-16(11-26-18)14-6-2-1-3-7-14/h1-11H,12H2,(H,21,23)/b19-10+. The van der Waals surface area contributed by atoms with E-state index in [2.05, 4.69) is 15.5 Å². The van der Waals surface area contributed by atoms with Crippen LogP contribution in [0.25, 0.3) is 11.3 Å². The van der Waals surface area contributed by atoms with Gasteiger partial charge >= 0.3 is 0 Å². The van der Waals surface area contributed by atoms with E-state index in [1.165, 1.54) is 41.4 Å². The van der Waals surface area contributed by atoms with Crippen LogP contribution < -0.4 is 5.43 Å². The van der Waals surface area contributed by atoms with Crippen LogP contribution in [0.5, 0.6) is 0 Å². The molecule has 0 unspecified atom stereocenters. The van der Waals surface area contributed by atoms with Crippen molar-refractivity contribution in [3.63, 3.8) is 0 Å². The molecule has 3 rings (SSSR count). The van der Waals surface area contributed by atoms with Crippen molar-refractivity contribution in [1.29, 1.82) is 0 Å². The maximum atomic E-state index is 11.9. The number of nitrogens with one attached hydrogen (secondary N) is 1. The molecule has 0 spiro atoms. The molecule has 0 saturated heterocycles. The van der Waals surface area contributed by atoms with Crippen LogP contribution in [-0.4, -0.2) is 27.8 Å². The smallest absolute Gasteiger partial charge is 0.270 e. The molecular formula is C18H14N4O3S2. The van der Waals surface area contributed by atoms with E-state index in [0.29, 0.717) is 5.56 Å². The first-order valence-corrected chi connectivity index (χ1v) is 9.68. The van der Waals surface area contributed by atoms with Crippen molar-refractivity contribution in [3.05, 3.63) is 75.7 Å². The van der Waals surface area contributed by atoms with Crippen molar-refractivity contribution >= 4 is 40.9 Å². The molecule has 1 aromatic heterocycles. The average molecular weight is 398 g/mol. The minimum absolute atomic E-state index is 0.0289. The SMILES string of the molecule is O=C(CSc1nc(-c2ccccc2)cs1)N/N=C/c1cccc([N+](=O)[O-])c1.